The van der Waals surface area contributed by atoms with Gasteiger partial charge in [-0.25, -0.2) is 4.98 Å². The number of nitrogens with zero attached hydrogens (tertiary/aromatic N) is 3. The van der Waals surface area contributed by atoms with Crippen molar-refractivity contribution in [2.75, 3.05) is 6.61 Å². The minimum atomic E-state index is -0.467. The predicted molar refractivity (Wildman–Crippen MR) is 126 cm³/mol. The van der Waals surface area contributed by atoms with Crippen molar-refractivity contribution in [1.82, 2.24) is 25.6 Å². The van der Waals surface area contributed by atoms with Gasteiger partial charge in [0.1, 0.15) is 5.75 Å². The number of aromatic nitrogens is 3. The standard InChI is InChI=1S/C25H25N5O3/c1-4-17-10-8-9-13-21(17)33-15-22(31)27-28-25(32)19-14-20(18-11-6-5-7-12-18)26-24-23(19)16(2)29-30(24)3/h5-14H,4,15H2,1-3H3,(H,27,31)(H,28,32). The van der Waals surface area contributed by atoms with Crippen molar-refractivity contribution in [3.8, 4) is 17.0 Å². The van der Waals surface area contributed by atoms with Gasteiger partial charge in [-0.3, -0.25) is 25.1 Å². The smallest absolute Gasteiger partial charge is 0.276 e. The minimum Gasteiger partial charge on any atom is -0.483 e. The monoisotopic (exact) mass is 443 g/mol. The second-order valence-electron chi connectivity index (χ2n) is 7.58. The van der Waals surface area contributed by atoms with Crippen LogP contribution in [0.2, 0.25) is 0 Å². The number of ether oxygens (including phenoxy) is 1. The van der Waals surface area contributed by atoms with Crippen LogP contribution in [0.15, 0.2) is 60.7 Å². The first-order valence-electron chi connectivity index (χ1n) is 10.7. The fraction of sp³-hybridized carbons (Fsp3) is 0.200. The molecule has 0 aliphatic heterocycles. The van der Waals surface area contributed by atoms with Gasteiger partial charge in [-0.1, -0.05) is 55.5 Å². The lowest BCUT2D eigenvalue weighted by atomic mass is 10.1. The van der Waals surface area contributed by atoms with Crippen LogP contribution in [0.4, 0.5) is 0 Å². The number of pyridine rings is 1. The molecule has 0 radical (unpaired) electrons. The predicted octanol–water partition coefficient (Wildman–Crippen LogP) is 3.35. The molecule has 2 heterocycles. The summed E-state index contributed by atoms with van der Waals surface area (Å²) in [4.78, 5) is 30.0. The van der Waals surface area contributed by atoms with Crippen molar-refractivity contribution in [2.45, 2.75) is 20.3 Å². The third kappa shape index (κ3) is 4.69. The molecule has 33 heavy (non-hydrogen) atoms. The first-order chi connectivity index (χ1) is 16.0. The molecule has 2 aromatic carbocycles. The minimum absolute atomic E-state index is 0.218. The number of hydrazine groups is 1. The number of nitrogens with one attached hydrogen (secondary N) is 2. The lowest BCUT2D eigenvalue weighted by molar-refractivity contribution is -0.123. The van der Waals surface area contributed by atoms with E-state index in [4.69, 9.17) is 9.72 Å². The summed E-state index contributed by atoms with van der Waals surface area (Å²) in [6, 6.07) is 18.8. The molecule has 8 nitrogen and oxygen atoms in total. The number of para-hydroxylation sites is 1. The highest BCUT2D eigenvalue weighted by molar-refractivity contribution is 6.07. The van der Waals surface area contributed by atoms with E-state index in [-0.39, 0.29) is 6.61 Å². The van der Waals surface area contributed by atoms with Crippen molar-refractivity contribution in [2.24, 2.45) is 7.05 Å². The van der Waals surface area contributed by atoms with Gasteiger partial charge in [0.25, 0.3) is 11.8 Å². The molecule has 0 fully saturated rings. The van der Waals surface area contributed by atoms with Crippen molar-refractivity contribution >= 4 is 22.8 Å². The Morgan fingerprint density at radius 1 is 1.03 bits per heavy atom. The van der Waals surface area contributed by atoms with E-state index in [0.29, 0.717) is 33.7 Å². The fourth-order valence-electron chi connectivity index (χ4n) is 3.69. The van der Waals surface area contributed by atoms with E-state index < -0.39 is 11.8 Å². The maximum Gasteiger partial charge on any atom is 0.276 e. The Bertz CT molecular complexity index is 1310. The molecule has 2 aromatic heterocycles. The number of amides is 2. The molecular weight excluding hydrogens is 418 g/mol. The molecule has 0 saturated carbocycles. The summed E-state index contributed by atoms with van der Waals surface area (Å²) in [6.07, 6.45) is 0.792. The molecule has 168 valence electrons. The average Bonchev–Trinajstić information content (AvgIpc) is 3.14. The van der Waals surface area contributed by atoms with E-state index in [9.17, 15) is 9.59 Å². The van der Waals surface area contributed by atoms with E-state index in [2.05, 4.69) is 16.0 Å². The molecule has 0 bridgehead atoms. The van der Waals surface area contributed by atoms with Crippen LogP contribution in [0, 0.1) is 6.92 Å². The van der Waals surface area contributed by atoms with E-state index in [1.165, 1.54) is 0 Å². The summed E-state index contributed by atoms with van der Waals surface area (Å²) < 4.78 is 7.26. The van der Waals surface area contributed by atoms with Crippen molar-refractivity contribution in [3.05, 3.63) is 77.5 Å². The van der Waals surface area contributed by atoms with E-state index in [1.54, 1.807) is 17.8 Å². The molecule has 0 unspecified atom stereocenters. The summed E-state index contributed by atoms with van der Waals surface area (Å²) >= 11 is 0. The van der Waals surface area contributed by atoms with Gasteiger partial charge in [0.15, 0.2) is 12.3 Å². The number of hydrogen-bond donors (Lipinski definition) is 2. The highest BCUT2D eigenvalue weighted by atomic mass is 16.5. The number of carbonyl (C=O) groups is 2. The molecule has 4 rings (SSSR count). The molecule has 0 aliphatic rings. The maximum atomic E-state index is 13.1. The van der Waals surface area contributed by atoms with Crippen molar-refractivity contribution < 1.29 is 14.3 Å². The first kappa shape index (κ1) is 22.0. The number of fused-ring (bicyclic) bond motifs is 1. The Kier molecular flexibility index (Phi) is 6.35. The molecule has 8 heteroatoms. The zero-order valence-electron chi connectivity index (χ0n) is 18.8. The van der Waals surface area contributed by atoms with Gasteiger partial charge >= 0.3 is 0 Å². The Labute approximate surface area is 191 Å². The second kappa shape index (κ2) is 9.52. The Balaban J connectivity index is 1.52. The molecular formula is C25H25N5O3. The second-order valence-corrected chi connectivity index (χ2v) is 7.58. The van der Waals surface area contributed by atoms with Gasteiger partial charge in [-0.15, -0.1) is 0 Å². The quantitative estimate of drug-likeness (QED) is 0.446. The van der Waals surface area contributed by atoms with Crippen LogP contribution in [0.3, 0.4) is 0 Å². The normalized spacial score (nSPS) is 10.8. The van der Waals surface area contributed by atoms with E-state index in [0.717, 1.165) is 17.5 Å². The third-order valence-corrected chi connectivity index (χ3v) is 5.31. The average molecular weight is 444 g/mol. The van der Waals surface area contributed by atoms with Gasteiger partial charge in [-0.05, 0) is 31.0 Å². The van der Waals surface area contributed by atoms with E-state index >= 15 is 0 Å². The highest BCUT2D eigenvalue weighted by Gasteiger charge is 2.20. The van der Waals surface area contributed by atoms with Crippen LogP contribution in [0.5, 0.6) is 5.75 Å². The van der Waals surface area contributed by atoms with Gasteiger partial charge in [0.2, 0.25) is 0 Å². The molecule has 0 atom stereocenters. The molecule has 0 spiro atoms. The first-order valence-corrected chi connectivity index (χ1v) is 10.7. The summed E-state index contributed by atoms with van der Waals surface area (Å²) in [7, 11) is 1.78. The van der Waals surface area contributed by atoms with Gasteiger partial charge < -0.3 is 4.74 Å². The Morgan fingerprint density at radius 3 is 2.52 bits per heavy atom. The van der Waals surface area contributed by atoms with Crippen LogP contribution >= 0.6 is 0 Å². The summed E-state index contributed by atoms with van der Waals surface area (Å²) in [5, 5.41) is 5.05. The van der Waals surface area contributed by atoms with Gasteiger partial charge in [0, 0.05) is 12.6 Å². The third-order valence-electron chi connectivity index (χ3n) is 5.31. The van der Waals surface area contributed by atoms with Crippen LogP contribution in [-0.4, -0.2) is 33.2 Å². The van der Waals surface area contributed by atoms with Crippen LogP contribution in [0.25, 0.3) is 22.3 Å². The number of benzene rings is 2. The van der Waals surface area contributed by atoms with Gasteiger partial charge in [0.05, 0.1) is 22.3 Å². The summed E-state index contributed by atoms with van der Waals surface area (Å²) in [5.41, 5.74) is 9.08. The van der Waals surface area contributed by atoms with E-state index in [1.807, 2.05) is 68.4 Å². The van der Waals surface area contributed by atoms with Gasteiger partial charge in [-0.2, -0.15) is 5.10 Å². The lowest BCUT2D eigenvalue weighted by Crippen LogP contribution is -2.44. The largest absolute Gasteiger partial charge is 0.483 e. The SMILES string of the molecule is CCc1ccccc1OCC(=O)NNC(=O)c1cc(-c2ccccc2)nc2c1c(C)nn2C. The lowest BCUT2D eigenvalue weighted by Gasteiger charge is -2.12. The fourth-order valence-corrected chi connectivity index (χ4v) is 3.69. The summed E-state index contributed by atoms with van der Waals surface area (Å²) in [5.74, 6) is -0.278. The maximum absolute atomic E-state index is 13.1. The number of carbonyl (C=O) groups excluding carboxylic acids is 2. The number of aryl methyl sites for hydroxylation is 3. The Morgan fingerprint density at radius 2 is 1.76 bits per heavy atom. The molecule has 0 saturated heterocycles. The molecule has 2 N–H and O–H groups in total. The molecule has 2 amide bonds. The molecule has 4 aromatic rings. The summed E-state index contributed by atoms with van der Waals surface area (Å²) in [6.45, 7) is 3.62. The zero-order valence-corrected chi connectivity index (χ0v) is 18.8. The van der Waals surface area contributed by atoms with Crippen molar-refractivity contribution in [1.29, 1.82) is 0 Å². The van der Waals surface area contributed by atoms with Crippen molar-refractivity contribution in [3.63, 3.8) is 0 Å². The van der Waals surface area contributed by atoms with Crippen LogP contribution in [0.1, 0.15) is 28.5 Å². The topological polar surface area (TPSA) is 98.1 Å². The Hall–Kier alpha value is -4.20. The highest BCUT2D eigenvalue weighted by Crippen LogP contribution is 2.26. The zero-order chi connectivity index (χ0) is 23.4. The van der Waals surface area contributed by atoms with Crippen LogP contribution in [-0.2, 0) is 18.3 Å². The molecule has 0 aliphatic carbocycles. The van der Waals surface area contributed by atoms with Crippen LogP contribution < -0.4 is 15.6 Å². The number of rotatable bonds is 6. The number of hydrogen-bond acceptors (Lipinski definition) is 5.